The monoisotopic (exact) mass is 431 g/mol. The van der Waals surface area contributed by atoms with Crippen LogP contribution < -0.4 is 5.32 Å². The number of nitrogens with one attached hydrogen (secondary N) is 1. The molecular weight excluding hydrogens is 398 g/mol. The SMILES string of the molecule is CCn1ccc2cc(S(=O)(=O)N3CCC[C@H](C(=O)NC4CCCCCC4)C3)ccc21. The van der Waals surface area contributed by atoms with Crippen molar-refractivity contribution in [2.45, 2.75) is 75.8 Å². The zero-order valence-corrected chi connectivity index (χ0v) is 18.7. The number of sulfonamides is 1. The molecule has 2 heterocycles. The van der Waals surface area contributed by atoms with E-state index in [4.69, 9.17) is 0 Å². The molecule has 1 saturated heterocycles. The second-order valence-electron chi connectivity index (χ2n) is 8.72. The molecule has 0 radical (unpaired) electrons. The Morgan fingerprint density at radius 2 is 1.83 bits per heavy atom. The number of amides is 1. The van der Waals surface area contributed by atoms with Gasteiger partial charge in [0.25, 0.3) is 0 Å². The third-order valence-electron chi connectivity index (χ3n) is 6.68. The minimum absolute atomic E-state index is 0.0253. The fourth-order valence-corrected chi connectivity index (χ4v) is 6.44. The lowest BCUT2D eigenvalue weighted by molar-refractivity contribution is -0.126. The highest BCUT2D eigenvalue weighted by Crippen LogP contribution is 2.27. The van der Waals surface area contributed by atoms with Crippen molar-refractivity contribution in [2.24, 2.45) is 5.92 Å². The molecule has 1 N–H and O–H groups in total. The van der Waals surface area contributed by atoms with Crippen molar-refractivity contribution in [1.82, 2.24) is 14.2 Å². The van der Waals surface area contributed by atoms with Crippen LogP contribution in [0.25, 0.3) is 10.9 Å². The number of carbonyl (C=O) groups is 1. The molecule has 2 aromatic rings. The molecule has 2 aliphatic rings. The number of fused-ring (bicyclic) bond motifs is 1. The summed E-state index contributed by atoms with van der Waals surface area (Å²) in [6.07, 6.45) is 10.4. The highest BCUT2D eigenvalue weighted by Gasteiger charge is 2.34. The summed E-state index contributed by atoms with van der Waals surface area (Å²) < 4.78 is 30.2. The number of nitrogens with zero attached hydrogens (tertiary/aromatic N) is 2. The van der Waals surface area contributed by atoms with Crippen LogP contribution >= 0.6 is 0 Å². The van der Waals surface area contributed by atoms with E-state index in [2.05, 4.69) is 16.8 Å². The van der Waals surface area contributed by atoms with E-state index in [0.717, 1.165) is 43.1 Å². The molecule has 0 spiro atoms. The van der Waals surface area contributed by atoms with Crippen molar-refractivity contribution < 1.29 is 13.2 Å². The van der Waals surface area contributed by atoms with E-state index in [0.29, 0.717) is 11.4 Å². The Labute approximate surface area is 179 Å². The predicted octanol–water partition coefficient (Wildman–Crippen LogP) is 3.90. The van der Waals surface area contributed by atoms with Gasteiger partial charge in [-0.25, -0.2) is 8.42 Å². The van der Waals surface area contributed by atoms with Gasteiger partial charge in [0.15, 0.2) is 0 Å². The summed E-state index contributed by atoms with van der Waals surface area (Å²) in [7, 11) is -3.61. The van der Waals surface area contributed by atoms with Crippen LogP contribution in [-0.4, -0.2) is 42.3 Å². The zero-order chi connectivity index (χ0) is 21.1. The first-order valence-electron chi connectivity index (χ1n) is 11.4. The number of piperidine rings is 1. The summed E-state index contributed by atoms with van der Waals surface area (Å²) in [5.41, 5.74) is 1.04. The molecule has 1 saturated carbocycles. The van der Waals surface area contributed by atoms with Gasteiger partial charge in [-0.3, -0.25) is 4.79 Å². The lowest BCUT2D eigenvalue weighted by Gasteiger charge is -2.32. The molecule has 1 aromatic carbocycles. The minimum atomic E-state index is -3.61. The van der Waals surface area contributed by atoms with E-state index >= 15 is 0 Å². The van der Waals surface area contributed by atoms with Crippen molar-refractivity contribution in [1.29, 1.82) is 0 Å². The molecular formula is C23H33N3O3S. The Morgan fingerprint density at radius 1 is 1.07 bits per heavy atom. The molecule has 164 valence electrons. The smallest absolute Gasteiger partial charge is 0.243 e. The van der Waals surface area contributed by atoms with Crippen molar-refractivity contribution in [2.75, 3.05) is 13.1 Å². The molecule has 1 aliphatic carbocycles. The van der Waals surface area contributed by atoms with E-state index in [9.17, 15) is 13.2 Å². The molecule has 1 aromatic heterocycles. The number of benzene rings is 1. The Morgan fingerprint density at radius 3 is 2.57 bits per heavy atom. The molecule has 30 heavy (non-hydrogen) atoms. The molecule has 1 amide bonds. The van der Waals surface area contributed by atoms with Gasteiger partial charge in [0, 0.05) is 42.8 Å². The zero-order valence-electron chi connectivity index (χ0n) is 17.8. The molecule has 4 rings (SSSR count). The van der Waals surface area contributed by atoms with Gasteiger partial charge in [0.1, 0.15) is 0 Å². The average Bonchev–Trinajstić information content (AvgIpc) is 3.00. The van der Waals surface area contributed by atoms with Crippen LogP contribution in [0, 0.1) is 5.92 Å². The maximum Gasteiger partial charge on any atom is 0.243 e. The second kappa shape index (κ2) is 9.10. The molecule has 0 bridgehead atoms. The largest absolute Gasteiger partial charge is 0.353 e. The van der Waals surface area contributed by atoms with Crippen molar-refractivity contribution in [3.05, 3.63) is 30.5 Å². The molecule has 7 heteroatoms. The first-order chi connectivity index (χ1) is 14.5. The first-order valence-corrected chi connectivity index (χ1v) is 12.8. The average molecular weight is 432 g/mol. The minimum Gasteiger partial charge on any atom is -0.353 e. The summed E-state index contributed by atoms with van der Waals surface area (Å²) >= 11 is 0. The van der Waals surface area contributed by atoms with Crippen molar-refractivity contribution in [3.63, 3.8) is 0 Å². The number of aromatic nitrogens is 1. The number of rotatable bonds is 5. The normalized spacial score (nSPS) is 22.1. The maximum atomic E-state index is 13.3. The second-order valence-corrected chi connectivity index (χ2v) is 10.7. The number of carbonyl (C=O) groups excluding carboxylic acids is 1. The quantitative estimate of drug-likeness (QED) is 0.730. The summed E-state index contributed by atoms with van der Waals surface area (Å²) in [6, 6.07) is 7.53. The van der Waals surface area contributed by atoms with Gasteiger partial charge < -0.3 is 9.88 Å². The molecule has 6 nitrogen and oxygen atoms in total. The van der Waals surface area contributed by atoms with Crippen LogP contribution in [0.1, 0.15) is 58.3 Å². The standard InChI is InChI=1S/C23H33N3O3S/c1-2-25-15-13-18-16-21(11-12-22(18)25)30(28,29)26-14-7-8-19(17-26)23(27)24-20-9-5-3-4-6-10-20/h11-13,15-16,19-20H,2-10,14,17H2,1H3,(H,24,27)/t19-/m0/s1. The van der Waals surface area contributed by atoms with E-state index < -0.39 is 10.0 Å². The summed E-state index contributed by atoms with van der Waals surface area (Å²) in [4.78, 5) is 13.2. The fraction of sp³-hybridized carbons (Fsp3) is 0.609. The van der Waals surface area contributed by atoms with Crippen molar-refractivity contribution in [3.8, 4) is 0 Å². The van der Waals surface area contributed by atoms with Crippen LogP contribution in [0.2, 0.25) is 0 Å². The fourth-order valence-electron chi connectivity index (χ4n) is 4.88. The molecule has 1 aliphatic heterocycles. The Balaban J connectivity index is 1.47. The third kappa shape index (κ3) is 4.42. The number of hydrogen-bond donors (Lipinski definition) is 1. The van der Waals surface area contributed by atoms with Gasteiger partial charge in [0.05, 0.1) is 10.8 Å². The summed E-state index contributed by atoms with van der Waals surface area (Å²) in [6.45, 7) is 3.66. The Hall–Kier alpha value is -1.86. The van der Waals surface area contributed by atoms with E-state index in [1.54, 1.807) is 12.1 Å². The van der Waals surface area contributed by atoms with E-state index in [-0.39, 0.29) is 24.4 Å². The van der Waals surface area contributed by atoms with Gasteiger partial charge in [-0.15, -0.1) is 0 Å². The summed E-state index contributed by atoms with van der Waals surface area (Å²) in [5.74, 6) is -0.237. The van der Waals surface area contributed by atoms with E-state index in [1.165, 1.54) is 30.0 Å². The predicted molar refractivity (Wildman–Crippen MR) is 119 cm³/mol. The maximum absolute atomic E-state index is 13.3. The summed E-state index contributed by atoms with van der Waals surface area (Å²) in [5, 5.41) is 4.14. The number of hydrogen-bond acceptors (Lipinski definition) is 3. The van der Waals surface area contributed by atoms with Gasteiger partial charge in [-0.05, 0) is 56.9 Å². The van der Waals surface area contributed by atoms with Crippen LogP contribution in [0.4, 0.5) is 0 Å². The van der Waals surface area contributed by atoms with Gasteiger partial charge in [-0.1, -0.05) is 25.7 Å². The third-order valence-corrected chi connectivity index (χ3v) is 8.54. The van der Waals surface area contributed by atoms with Gasteiger partial charge in [0.2, 0.25) is 15.9 Å². The number of aryl methyl sites for hydroxylation is 1. The Bertz CT molecular complexity index is 990. The highest BCUT2D eigenvalue weighted by molar-refractivity contribution is 7.89. The van der Waals surface area contributed by atoms with Gasteiger partial charge >= 0.3 is 0 Å². The highest BCUT2D eigenvalue weighted by atomic mass is 32.2. The van der Waals surface area contributed by atoms with E-state index in [1.807, 2.05) is 18.3 Å². The van der Waals surface area contributed by atoms with Gasteiger partial charge in [-0.2, -0.15) is 4.31 Å². The molecule has 1 atom stereocenters. The lowest BCUT2D eigenvalue weighted by Crippen LogP contribution is -2.47. The Kier molecular flexibility index (Phi) is 6.48. The lowest BCUT2D eigenvalue weighted by atomic mass is 9.97. The van der Waals surface area contributed by atoms with Crippen LogP contribution in [0.5, 0.6) is 0 Å². The van der Waals surface area contributed by atoms with Crippen LogP contribution in [0.3, 0.4) is 0 Å². The topological polar surface area (TPSA) is 71.4 Å². The van der Waals surface area contributed by atoms with Crippen molar-refractivity contribution >= 4 is 26.8 Å². The van der Waals surface area contributed by atoms with Crippen LogP contribution in [-0.2, 0) is 21.4 Å². The molecule has 0 unspecified atom stereocenters. The first kappa shape index (κ1) is 21.4. The molecule has 2 fully saturated rings. The van der Waals surface area contributed by atoms with Crippen LogP contribution in [0.15, 0.2) is 35.4 Å².